The van der Waals surface area contributed by atoms with E-state index in [0.717, 1.165) is 30.7 Å². The summed E-state index contributed by atoms with van der Waals surface area (Å²) in [4.78, 5) is 2.52. The lowest BCUT2D eigenvalue weighted by Gasteiger charge is -2.39. The number of hydrogen-bond donors (Lipinski definition) is 0. The minimum Gasteiger partial charge on any atom is -1.00 e. The monoisotopic (exact) mass is 452 g/mol. The van der Waals surface area contributed by atoms with Gasteiger partial charge in [-0.25, -0.2) is 0 Å². The summed E-state index contributed by atoms with van der Waals surface area (Å²) in [6, 6.07) is 21.0. The van der Waals surface area contributed by atoms with Crippen LogP contribution in [0.3, 0.4) is 0 Å². The van der Waals surface area contributed by atoms with Gasteiger partial charge in [-0.05, 0) is 11.1 Å². The van der Waals surface area contributed by atoms with E-state index in [-0.39, 0.29) is 30.1 Å². The second-order valence-corrected chi connectivity index (χ2v) is 7.30. The highest BCUT2D eigenvalue weighted by molar-refractivity contribution is 5.29. The molecule has 0 saturated carbocycles. The average molecular weight is 452 g/mol. The van der Waals surface area contributed by atoms with Crippen molar-refractivity contribution in [3.8, 4) is 0 Å². The van der Waals surface area contributed by atoms with Gasteiger partial charge in [-0.1, -0.05) is 60.7 Å². The van der Waals surface area contributed by atoms with E-state index >= 15 is 0 Å². The third-order valence-corrected chi connectivity index (χ3v) is 4.94. The summed E-state index contributed by atoms with van der Waals surface area (Å²) in [6.45, 7) is 6.55. The Morgan fingerprint density at radius 3 is 1.84 bits per heavy atom. The van der Waals surface area contributed by atoms with Crippen molar-refractivity contribution in [2.75, 3.05) is 53.4 Å². The van der Waals surface area contributed by atoms with Crippen molar-refractivity contribution in [1.82, 2.24) is 4.90 Å². The van der Waals surface area contributed by atoms with Crippen molar-refractivity contribution in [1.29, 1.82) is 0 Å². The Balaban J connectivity index is 0.00000225. The first kappa shape index (κ1) is 20.4. The molecule has 136 valence electrons. The molecule has 4 heteroatoms. The second-order valence-electron chi connectivity index (χ2n) is 7.30. The predicted molar refractivity (Wildman–Crippen MR) is 99.0 cm³/mol. The molecular formula is C21H29IN2O. The number of halogens is 1. The van der Waals surface area contributed by atoms with Crippen molar-refractivity contribution in [2.24, 2.45) is 0 Å². The largest absolute Gasteiger partial charge is 1.00 e. The maximum absolute atomic E-state index is 6.32. The third-order valence-electron chi connectivity index (χ3n) is 4.94. The average Bonchev–Trinajstić information content (AvgIpc) is 2.61. The van der Waals surface area contributed by atoms with E-state index in [9.17, 15) is 0 Å². The highest BCUT2D eigenvalue weighted by Gasteiger charge is 2.24. The van der Waals surface area contributed by atoms with Crippen LogP contribution in [0, 0.1) is 0 Å². The predicted octanol–water partition coefficient (Wildman–Crippen LogP) is 0.189. The maximum atomic E-state index is 6.32. The van der Waals surface area contributed by atoms with Gasteiger partial charge in [0, 0.05) is 19.6 Å². The smallest absolute Gasteiger partial charge is 0.108 e. The molecule has 0 N–H and O–H groups in total. The van der Waals surface area contributed by atoms with Gasteiger partial charge in [-0.3, -0.25) is 4.90 Å². The molecule has 0 radical (unpaired) electrons. The standard InChI is InChI=1S/C21H29N2O.HI/c1-23(2)16-13-22(14-17-23)15-18-24-21(19-9-5-3-6-10-19)20-11-7-4-8-12-20;/h3-12,21H,13-18H2,1-2H3;1H/q+1;/p-1. The first-order chi connectivity index (χ1) is 11.6. The molecule has 1 heterocycles. The number of nitrogens with zero attached hydrogens (tertiary/aromatic N) is 2. The summed E-state index contributed by atoms with van der Waals surface area (Å²) in [5, 5.41) is 0. The molecule has 0 amide bonds. The minimum atomic E-state index is 0. The quantitative estimate of drug-likeness (QED) is 0.459. The highest BCUT2D eigenvalue weighted by atomic mass is 127. The molecule has 3 nitrogen and oxygen atoms in total. The van der Waals surface area contributed by atoms with Crippen molar-refractivity contribution in [3.63, 3.8) is 0 Å². The van der Waals surface area contributed by atoms with E-state index in [1.54, 1.807) is 0 Å². The Kier molecular flexibility index (Phi) is 7.87. The summed E-state index contributed by atoms with van der Waals surface area (Å²) in [5.74, 6) is 0. The van der Waals surface area contributed by atoms with E-state index in [1.165, 1.54) is 24.2 Å². The fourth-order valence-electron chi connectivity index (χ4n) is 3.21. The van der Waals surface area contributed by atoms with Gasteiger partial charge in [0.25, 0.3) is 0 Å². The van der Waals surface area contributed by atoms with E-state index in [4.69, 9.17) is 4.74 Å². The first-order valence-electron chi connectivity index (χ1n) is 8.90. The van der Waals surface area contributed by atoms with Crippen molar-refractivity contribution >= 4 is 0 Å². The van der Waals surface area contributed by atoms with E-state index < -0.39 is 0 Å². The molecule has 1 aliphatic rings. The van der Waals surface area contributed by atoms with Crippen molar-refractivity contribution in [3.05, 3.63) is 71.8 Å². The SMILES string of the molecule is C[N+]1(C)CCN(CCOC(c2ccccc2)c2ccccc2)CC1.[I-]. The molecule has 3 rings (SSSR count). The summed E-state index contributed by atoms with van der Waals surface area (Å²) >= 11 is 0. The number of quaternary nitrogens is 1. The molecule has 1 saturated heterocycles. The third kappa shape index (κ3) is 6.06. The maximum Gasteiger partial charge on any atom is 0.108 e. The Bertz CT molecular complexity index is 569. The Morgan fingerprint density at radius 1 is 0.880 bits per heavy atom. The van der Waals surface area contributed by atoms with Gasteiger partial charge in [0.2, 0.25) is 0 Å². The van der Waals surface area contributed by atoms with Crippen LogP contribution < -0.4 is 24.0 Å². The summed E-state index contributed by atoms with van der Waals surface area (Å²) in [6.07, 6.45) is 0.0180. The molecule has 25 heavy (non-hydrogen) atoms. The van der Waals surface area contributed by atoms with Gasteiger partial charge in [0.15, 0.2) is 0 Å². The number of rotatable bonds is 6. The molecule has 0 atom stereocenters. The van der Waals surface area contributed by atoms with Gasteiger partial charge in [0.1, 0.15) is 6.10 Å². The highest BCUT2D eigenvalue weighted by Crippen LogP contribution is 2.25. The lowest BCUT2D eigenvalue weighted by Crippen LogP contribution is -3.00. The molecule has 0 bridgehead atoms. The van der Waals surface area contributed by atoms with Crippen LogP contribution in [-0.4, -0.2) is 62.8 Å². The topological polar surface area (TPSA) is 12.5 Å². The van der Waals surface area contributed by atoms with Crippen LogP contribution in [-0.2, 0) is 4.74 Å². The van der Waals surface area contributed by atoms with Crippen LogP contribution >= 0.6 is 0 Å². The Hall–Kier alpha value is -0.950. The summed E-state index contributed by atoms with van der Waals surface area (Å²) in [7, 11) is 4.63. The fourth-order valence-corrected chi connectivity index (χ4v) is 3.21. The number of ether oxygens (including phenoxy) is 1. The van der Waals surface area contributed by atoms with Gasteiger partial charge < -0.3 is 33.2 Å². The van der Waals surface area contributed by atoms with Crippen LogP contribution in [0.2, 0.25) is 0 Å². The van der Waals surface area contributed by atoms with E-state index in [1.807, 2.05) is 0 Å². The van der Waals surface area contributed by atoms with Crippen LogP contribution in [0.4, 0.5) is 0 Å². The minimum absolute atomic E-state index is 0. The Labute approximate surface area is 169 Å². The van der Waals surface area contributed by atoms with Gasteiger partial charge in [-0.2, -0.15) is 0 Å². The van der Waals surface area contributed by atoms with Crippen LogP contribution in [0.5, 0.6) is 0 Å². The van der Waals surface area contributed by atoms with Gasteiger partial charge >= 0.3 is 0 Å². The van der Waals surface area contributed by atoms with E-state index in [2.05, 4.69) is 79.7 Å². The lowest BCUT2D eigenvalue weighted by molar-refractivity contribution is -0.894. The molecule has 0 aliphatic carbocycles. The first-order valence-corrected chi connectivity index (χ1v) is 8.90. The molecule has 0 aromatic heterocycles. The van der Waals surface area contributed by atoms with Crippen LogP contribution in [0.25, 0.3) is 0 Å². The molecule has 1 fully saturated rings. The van der Waals surface area contributed by atoms with Crippen LogP contribution in [0.1, 0.15) is 17.2 Å². The number of piperazine rings is 1. The molecule has 2 aromatic carbocycles. The van der Waals surface area contributed by atoms with Gasteiger partial charge in [0.05, 0.1) is 33.8 Å². The van der Waals surface area contributed by atoms with E-state index in [0.29, 0.717) is 0 Å². The molecule has 0 spiro atoms. The zero-order chi connectivity index (χ0) is 16.8. The zero-order valence-electron chi connectivity index (χ0n) is 15.3. The zero-order valence-corrected chi connectivity index (χ0v) is 17.4. The molecule has 2 aromatic rings. The molecule has 1 aliphatic heterocycles. The molecular weight excluding hydrogens is 423 g/mol. The second kappa shape index (κ2) is 9.67. The number of hydrogen-bond acceptors (Lipinski definition) is 2. The summed E-state index contributed by atoms with van der Waals surface area (Å²) in [5.41, 5.74) is 2.44. The number of likely N-dealkylation sites (N-methyl/N-ethyl adjacent to an activating group) is 1. The molecule has 0 unspecified atom stereocenters. The van der Waals surface area contributed by atoms with Gasteiger partial charge in [-0.15, -0.1) is 0 Å². The lowest BCUT2D eigenvalue weighted by atomic mass is 10.0. The summed E-state index contributed by atoms with van der Waals surface area (Å²) < 4.78 is 7.46. The van der Waals surface area contributed by atoms with Crippen molar-refractivity contribution in [2.45, 2.75) is 6.10 Å². The van der Waals surface area contributed by atoms with Crippen molar-refractivity contribution < 1.29 is 33.2 Å². The van der Waals surface area contributed by atoms with Crippen LogP contribution in [0.15, 0.2) is 60.7 Å². The normalized spacial score (nSPS) is 17.2. The Morgan fingerprint density at radius 2 is 1.36 bits per heavy atom. The fraction of sp³-hybridized carbons (Fsp3) is 0.429. The number of benzene rings is 2.